The van der Waals surface area contributed by atoms with Gasteiger partial charge >= 0.3 is 0 Å². The zero-order valence-electron chi connectivity index (χ0n) is 12.5. The van der Waals surface area contributed by atoms with Gasteiger partial charge in [0.05, 0.1) is 6.33 Å². The molecule has 1 aromatic carbocycles. The Hall–Kier alpha value is -1.81. The molecule has 2 N–H and O–H groups in total. The summed E-state index contributed by atoms with van der Waals surface area (Å²) in [4.78, 5) is 4.05. The van der Waals surface area contributed by atoms with E-state index < -0.39 is 0 Å². The molecule has 0 atom stereocenters. The van der Waals surface area contributed by atoms with E-state index in [4.69, 9.17) is 0 Å². The summed E-state index contributed by atoms with van der Waals surface area (Å²) in [6, 6.07) is 6.86. The van der Waals surface area contributed by atoms with Crippen molar-refractivity contribution < 1.29 is 0 Å². The van der Waals surface area contributed by atoms with Crippen LogP contribution >= 0.6 is 0 Å². The third-order valence-electron chi connectivity index (χ3n) is 4.03. The molecule has 0 aliphatic carbocycles. The Kier molecular flexibility index (Phi) is 4.90. The molecule has 1 aromatic heterocycles. The second-order valence-corrected chi connectivity index (χ2v) is 5.68. The van der Waals surface area contributed by atoms with Gasteiger partial charge in [-0.3, -0.25) is 0 Å². The van der Waals surface area contributed by atoms with Crippen LogP contribution in [0.15, 0.2) is 36.9 Å². The van der Waals surface area contributed by atoms with Crippen LogP contribution in [0.25, 0.3) is 0 Å². The van der Waals surface area contributed by atoms with Gasteiger partial charge in [0.15, 0.2) is 0 Å². The van der Waals surface area contributed by atoms with Gasteiger partial charge < -0.3 is 15.2 Å². The zero-order chi connectivity index (χ0) is 14.3. The minimum Gasteiger partial charge on any atom is -0.385 e. The van der Waals surface area contributed by atoms with Crippen LogP contribution in [0.2, 0.25) is 0 Å². The highest BCUT2D eigenvalue weighted by molar-refractivity contribution is 5.54. The molecule has 3 rings (SSSR count). The fraction of sp³-hybridized carbons (Fsp3) is 0.471. The minimum atomic E-state index is 1.04. The summed E-state index contributed by atoms with van der Waals surface area (Å²) >= 11 is 0. The van der Waals surface area contributed by atoms with Crippen LogP contribution < -0.4 is 10.6 Å². The van der Waals surface area contributed by atoms with Crippen LogP contribution in [-0.2, 0) is 19.4 Å². The van der Waals surface area contributed by atoms with Crippen molar-refractivity contribution in [2.24, 2.45) is 0 Å². The number of rotatable bonds is 7. The average molecular weight is 284 g/mol. The van der Waals surface area contributed by atoms with E-state index in [9.17, 15) is 0 Å². The predicted molar refractivity (Wildman–Crippen MR) is 86.7 cm³/mol. The summed E-state index contributed by atoms with van der Waals surface area (Å²) in [6.07, 6.45) is 10.4. The van der Waals surface area contributed by atoms with Gasteiger partial charge in [0.1, 0.15) is 0 Å². The van der Waals surface area contributed by atoms with Gasteiger partial charge in [-0.15, -0.1) is 0 Å². The number of imidazole rings is 1. The number of nitrogens with zero attached hydrogens (tertiary/aromatic N) is 2. The van der Waals surface area contributed by atoms with Crippen molar-refractivity contribution in [3.05, 3.63) is 48.0 Å². The van der Waals surface area contributed by atoms with Crippen molar-refractivity contribution in [1.82, 2.24) is 14.9 Å². The van der Waals surface area contributed by atoms with E-state index in [0.29, 0.717) is 0 Å². The van der Waals surface area contributed by atoms with Gasteiger partial charge in [0.25, 0.3) is 0 Å². The summed E-state index contributed by atoms with van der Waals surface area (Å²) in [5.74, 6) is 0. The first-order valence-corrected chi connectivity index (χ1v) is 7.94. The van der Waals surface area contributed by atoms with Crippen molar-refractivity contribution in [2.45, 2.75) is 32.2 Å². The number of fused-ring (bicyclic) bond motifs is 1. The molecule has 0 saturated heterocycles. The van der Waals surface area contributed by atoms with Crippen molar-refractivity contribution in [3.63, 3.8) is 0 Å². The molecule has 4 heteroatoms. The van der Waals surface area contributed by atoms with Crippen LogP contribution in [0.5, 0.6) is 0 Å². The van der Waals surface area contributed by atoms with Gasteiger partial charge in [-0.05, 0) is 56.0 Å². The summed E-state index contributed by atoms with van der Waals surface area (Å²) < 4.78 is 2.12. The normalized spacial score (nSPS) is 13.7. The third kappa shape index (κ3) is 4.08. The second kappa shape index (κ2) is 7.27. The van der Waals surface area contributed by atoms with Gasteiger partial charge in [-0.2, -0.15) is 0 Å². The highest BCUT2D eigenvalue weighted by atomic mass is 15.0. The molecule has 0 unspecified atom stereocenters. The number of aromatic nitrogens is 2. The molecule has 0 saturated carbocycles. The van der Waals surface area contributed by atoms with Crippen molar-refractivity contribution in [3.8, 4) is 0 Å². The molecule has 4 nitrogen and oxygen atoms in total. The molecule has 2 heterocycles. The lowest BCUT2D eigenvalue weighted by Crippen LogP contribution is -2.20. The summed E-state index contributed by atoms with van der Waals surface area (Å²) in [6.45, 7) is 4.27. The van der Waals surface area contributed by atoms with E-state index in [1.165, 1.54) is 29.7 Å². The molecule has 1 aliphatic rings. The lowest BCUT2D eigenvalue weighted by atomic mass is 9.99. The summed E-state index contributed by atoms with van der Waals surface area (Å²) in [5.41, 5.74) is 4.26. The fourth-order valence-electron chi connectivity index (χ4n) is 2.85. The van der Waals surface area contributed by atoms with Gasteiger partial charge in [-0.25, -0.2) is 4.98 Å². The van der Waals surface area contributed by atoms with Crippen LogP contribution in [0.4, 0.5) is 5.69 Å². The smallest absolute Gasteiger partial charge is 0.0945 e. The lowest BCUT2D eigenvalue weighted by molar-refractivity contribution is 0.581. The van der Waals surface area contributed by atoms with Crippen molar-refractivity contribution in [1.29, 1.82) is 0 Å². The molecule has 112 valence electrons. The Morgan fingerprint density at radius 2 is 2.29 bits per heavy atom. The largest absolute Gasteiger partial charge is 0.385 e. The third-order valence-corrected chi connectivity index (χ3v) is 4.03. The SMILES string of the molecule is c1cn(CCCNCCc2ccc3c(c2)CCCN3)cn1. The number of nitrogens with one attached hydrogen (secondary N) is 2. The first kappa shape index (κ1) is 14.1. The highest BCUT2D eigenvalue weighted by Gasteiger charge is 2.08. The highest BCUT2D eigenvalue weighted by Crippen LogP contribution is 2.22. The fourth-order valence-corrected chi connectivity index (χ4v) is 2.85. The molecule has 0 amide bonds. The van der Waals surface area contributed by atoms with Gasteiger partial charge in [-0.1, -0.05) is 12.1 Å². The Balaban J connectivity index is 1.35. The van der Waals surface area contributed by atoms with E-state index in [0.717, 1.165) is 39.0 Å². The second-order valence-electron chi connectivity index (χ2n) is 5.68. The van der Waals surface area contributed by atoms with E-state index >= 15 is 0 Å². The van der Waals surface area contributed by atoms with Crippen molar-refractivity contribution in [2.75, 3.05) is 25.0 Å². The van der Waals surface area contributed by atoms with Gasteiger partial charge in [0, 0.05) is 31.2 Å². The molecule has 0 bridgehead atoms. The van der Waals surface area contributed by atoms with E-state index in [1.54, 1.807) is 0 Å². The standard InChI is InChI=1S/C17H24N4/c1-3-16-13-15(4-5-17(16)20-8-1)6-9-18-7-2-11-21-12-10-19-14-21/h4-5,10,12-14,18,20H,1-3,6-9,11H2. The van der Waals surface area contributed by atoms with E-state index in [-0.39, 0.29) is 0 Å². The quantitative estimate of drug-likeness (QED) is 0.768. The van der Waals surface area contributed by atoms with E-state index in [2.05, 4.69) is 38.4 Å². The number of hydrogen-bond acceptors (Lipinski definition) is 3. The van der Waals surface area contributed by atoms with Gasteiger partial charge in [0.2, 0.25) is 0 Å². The maximum Gasteiger partial charge on any atom is 0.0945 e. The van der Waals surface area contributed by atoms with E-state index in [1.807, 2.05) is 18.7 Å². The molecule has 0 radical (unpaired) electrons. The molecule has 0 fully saturated rings. The first-order chi connectivity index (χ1) is 10.4. The zero-order valence-corrected chi connectivity index (χ0v) is 12.5. The number of benzene rings is 1. The number of aryl methyl sites for hydroxylation is 2. The monoisotopic (exact) mass is 284 g/mol. The maximum absolute atomic E-state index is 4.05. The Morgan fingerprint density at radius 3 is 3.19 bits per heavy atom. The number of hydrogen-bond donors (Lipinski definition) is 2. The topological polar surface area (TPSA) is 41.9 Å². The molecule has 2 aromatic rings. The molecule has 0 spiro atoms. The number of anilines is 1. The average Bonchev–Trinajstić information content (AvgIpc) is 3.04. The molecule has 21 heavy (non-hydrogen) atoms. The van der Waals surface area contributed by atoms with Crippen LogP contribution in [-0.4, -0.2) is 29.2 Å². The molecular weight excluding hydrogens is 260 g/mol. The minimum absolute atomic E-state index is 1.04. The summed E-state index contributed by atoms with van der Waals surface area (Å²) in [5, 5.41) is 6.99. The van der Waals surface area contributed by atoms with Crippen molar-refractivity contribution >= 4 is 5.69 Å². The first-order valence-electron chi connectivity index (χ1n) is 7.94. The Morgan fingerprint density at radius 1 is 1.29 bits per heavy atom. The molecule has 1 aliphatic heterocycles. The Bertz CT molecular complexity index is 548. The Labute approximate surface area is 126 Å². The maximum atomic E-state index is 4.05. The van der Waals surface area contributed by atoms with Crippen LogP contribution in [0, 0.1) is 0 Å². The summed E-state index contributed by atoms with van der Waals surface area (Å²) in [7, 11) is 0. The predicted octanol–water partition coefficient (Wildman–Crippen LogP) is 2.46. The molecular formula is C17H24N4. The lowest BCUT2D eigenvalue weighted by Gasteiger charge is -2.18. The van der Waals surface area contributed by atoms with Crippen LogP contribution in [0.1, 0.15) is 24.0 Å². The van der Waals surface area contributed by atoms with Crippen LogP contribution in [0.3, 0.4) is 0 Å².